The molecule has 2 aromatic carbocycles. The van der Waals surface area contributed by atoms with Crippen LogP contribution in [0.15, 0.2) is 36.4 Å². The van der Waals surface area contributed by atoms with Crippen LogP contribution in [0.2, 0.25) is 0 Å². The third-order valence-electron chi connectivity index (χ3n) is 2.96. The molecule has 0 bridgehead atoms. The number of hydrogen-bond acceptors (Lipinski definition) is 5. The monoisotopic (exact) mass is 273 g/mol. The Kier molecular flexibility index (Phi) is 4.05. The van der Waals surface area contributed by atoms with E-state index in [-0.39, 0.29) is 6.42 Å². The van der Waals surface area contributed by atoms with Gasteiger partial charge in [0.25, 0.3) is 0 Å². The molecule has 3 N–H and O–H groups in total. The number of nitrogens with one attached hydrogen (secondary N) is 1. The first-order chi connectivity index (χ1) is 10.2. The third-order valence-corrected chi connectivity index (χ3v) is 2.96. The van der Waals surface area contributed by atoms with Gasteiger partial charge in [0, 0.05) is 17.1 Å². The maximum Gasteiger partial charge on any atom is 0.101 e. The highest BCUT2D eigenvalue weighted by molar-refractivity contribution is 5.67. The lowest BCUT2D eigenvalue weighted by atomic mass is 10.1. The molecule has 0 saturated carbocycles. The summed E-state index contributed by atoms with van der Waals surface area (Å²) in [5.41, 5.74) is 9.22. The van der Waals surface area contributed by atoms with Crippen molar-refractivity contribution in [1.82, 2.24) is 0 Å². The predicted octanol–water partition coefficient (Wildman–Crippen LogP) is 2.82. The molecule has 2 rings (SSSR count). The minimum absolute atomic E-state index is 0.234. The largest absolute Gasteiger partial charge is 0.398 e. The van der Waals surface area contributed by atoms with Gasteiger partial charge in [-0.15, -0.1) is 0 Å². The van der Waals surface area contributed by atoms with Crippen molar-refractivity contribution in [2.75, 3.05) is 11.1 Å². The Morgan fingerprint density at radius 3 is 2.24 bits per heavy atom. The Morgan fingerprint density at radius 1 is 0.905 bits per heavy atom. The zero-order valence-electron chi connectivity index (χ0n) is 11.1. The molecule has 0 atom stereocenters. The van der Waals surface area contributed by atoms with Crippen LogP contribution < -0.4 is 11.1 Å². The Balaban J connectivity index is 2.31. The van der Waals surface area contributed by atoms with E-state index >= 15 is 0 Å². The van der Waals surface area contributed by atoms with Gasteiger partial charge in [-0.2, -0.15) is 15.8 Å². The molecular weight excluding hydrogens is 262 g/mol. The molecular formula is C16H11N5. The van der Waals surface area contributed by atoms with Crippen LogP contribution in [-0.4, -0.2) is 0 Å². The number of nitrogens with zero attached hydrogens (tertiary/aromatic N) is 3. The lowest BCUT2D eigenvalue weighted by molar-refractivity contribution is 1.27. The Labute approximate surface area is 122 Å². The summed E-state index contributed by atoms with van der Waals surface area (Å²) in [7, 11) is 0. The molecule has 0 aromatic heterocycles. The fraction of sp³-hybridized carbons (Fsp3) is 0.0625. The fourth-order valence-corrected chi connectivity index (χ4v) is 1.90. The van der Waals surface area contributed by atoms with Crippen LogP contribution in [0.3, 0.4) is 0 Å². The van der Waals surface area contributed by atoms with Crippen LogP contribution in [0.1, 0.15) is 16.7 Å². The van der Waals surface area contributed by atoms with E-state index in [2.05, 4.69) is 11.4 Å². The molecule has 0 aliphatic rings. The van der Waals surface area contributed by atoms with E-state index < -0.39 is 0 Å². The number of benzene rings is 2. The summed E-state index contributed by atoms with van der Waals surface area (Å²) in [4.78, 5) is 0. The lowest BCUT2D eigenvalue weighted by Gasteiger charge is -2.10. The van der Waals surface area contributed by atoms with Gasteiger partial charge in [-0.05, 0) is 42.0 Å². The maximum absolute atomic E-state index is 9.01. The number of hydrogen-bond donors (Lipinski definition) is 2. The summed E-state index contributed by atoms with van der Waals surface area (Å²) in [6, 6.07) is 16.3. The summed E-state index contributed by atoms with van der Waals surface area (Å²) in [5, 5.41) is 29.8. The van der Waals surface area contributed by atoms with Crippen molar-refractivity contribution >= 4 is 17.1 Å². The molecule has 0 amide bonds. The van der Waals surface area contributed by atoms with Crippen LogP contribution in [0.25, 0.3) is 0 Å². The smallest absolute Gasteiger partial charge is 0.101 e. The van der Waals surface area contributed by atoms with E-state index in [1.165, 1.54) is 0 Å². The molecule has 0 aliphatic heterocycles. The summed E-state index contributed by atoms with van der Waals surface area (Å²) >= 11 is 0. The number of nitrogen functional groups attached to an aromatic ring is 1. The molecule has 0 unspecified atom stereocenters. The molecule has 0 aliphatic carbocycles. The summed E-state index contributed by atoms with van der Waals surface area (Å²) < 4.78 is 0. The number of nitriles is 3. The lowest BCUT2D eigenvalue weighted by Crippen LogP contribution is -1.97. The molecule has 2 aromatic rings. The van der Waals surface area contributed by atoms with Gasteiger partial charge >= 0.3 is 0 Å². The first kappa shape index (κ1) is 13.9. The van der Waals surface area contributed by atoms with Crippen molar-refractivity contribution in [3.8, 4) is 18.2 Å². The van der Waals surface area contributed by atoms with E-state index in [0.29, 0.717) is 22.5 Å². The Hall–Kier alpha value is -3.49. The predicted molar refractivity (Wildman–Crippen MR) is 79.3 cm³/mol. The number of anilines is 3. The van der Waals surface area contributed by atoms with Gasteiger partial charge in [0.1, 0.15) is 12.1 Å². The molecule has 21 heavy (non-hydrogen) atoms. The number of rotatable bonds is 3. The fourth-order valence-electron chi connectivity index (χ4n) is 1.90. The van der Waals surface area contributed by atoms with Crippen molar-refractivity contribution in [3.63, 3.8) is 0 Å². The van der Waals surface area contributed by atoms with Gasteiger partial charge in [-0.25, -0.2) is 0 Å². The summed E-state index contributed by atoms with van der Waals surface area (Å²) in [6.45, 7) is 0. The highest BCUT2D eigenvalue weighted by atomic mass is 14.9. The third kappa shape index (κ3) is 3.10. The first-order valence-electron chi connectivity index (χ1n) is 6.14. The molecule has 0 spiro atoms. The second-order valence-corrected chi connectivity index (χ2v) is 4.36. The second kappa shape index (κ2) is 6.10. The molecule has 0 heterocycles. The van der Waals surface area contributed by atoms with Crippen LogP contribution in [0.5, 0.6) is 0 Å². The zero-order valence-corrected chi connectivity index (χ0v) is 11.1. The van der Waals surface area contributed by atoms with E-state index in [1.54, 1.807) is 36.4 Å². The van der Waals surface area contributed by atoms with Crippen LogP contribution >= 0.6 is 0 Å². The van der Waals surface area contributed by atoms with Crippen LogP contribution in [-0.2, 0) is 6.42 Å². The van der Waals surface area contributed by atoms with Crippen LogP contribution in [0, 0.1) is 34.0 Å². The van der Waals surface area contributed by atoms with Gasteiger partial charge in [-0.3, -0.25) is 0 Å². The topological polar surface area (TPSA) is 109 Å². The molecule has 100 valence electrons. The SMILES string of the molecule is N#CCc1cc(Nc2ccc(C#N)c(C#N)c2)ccc1N. The maximum atomic E-state index is 9.01. The van der Waals surface area contributed by atoms with E-state index in [0.717, 1.165) is 11.3 Å². The average Bonchev–Trinajstić information content (AvgIpc) is 2.50. The highest BCUT2D eigenvalue weighted by Crippen LogP contribution is 2.23. The second-order valence-electron chi connectivity index (χ2n) is 4.36. The quantitative estimate of drug-likeness (QED) is 0.835. The van der Waals surface area contributed by atoms with Crippen molar-refractivity contribution in [2.45, 2.75) is 6.42 Å². The molecule has 0 fully saturated rings. The first-order valence-corrected chi connectivity index (χ1v) is 6.14. The Bertz CT molecular complexity index is 803. The van der Waals surface area contributed by atoms with Crippen molar-refractivity contribution in [3.05, 3.63) is 53.1 Å². The van der Waals surface area contributed by atoms with E-state index in [4.69, 9.17) is 21.5 Å². The molecule has 0 radical (unpaired) electrons. The zero-order chi connectivity index (χ0) is 15.2. The van der Waals surface area contributed by atoms with Crippen molar-refractivity contribution in [1.29, 1.82) is 15.8 Å². The molecule has 5 heteroatoms. The average molecular weight is 273 g/mol. The standard InChI is InChI=1S/C16H11N5/c17-6-5-11-7-15(3-4-16(11)20)21-14-2-1-12(9-18)13(8-14)10-19/h1-4,7-8,21H,5,20H2. The number of nitrogens with two attached hydrogens (primary N) is 1. The highest BCUT2D eigenvalue weighted by Gasteiger charge is 2.05. The summed E-state index contributed by atoms with van der Waals surface area (Å²) in [6.07, 6.45) is 0.234. The summed E-state index contributed by atoms with van der Waals surface area (Å²) in [5.74, 6) is 0. The van der Waals surface area contributed by atoms with Crippen molar-refractivity contribution < 1.29 is 0 Å². The minimum atomic E-state index is 0.234. The van der Waals surface area contributed by atoms with Gasteiger partial charge in [0.2, 0.25) is 0 Å². The molecule has 0 saturated heterocycles. The van der Waals surface area contributed by atoms with Crippen LogP contribution in [0.4, 0.5) is 17.1 Å². The normalized spacial score (nSPS) is 9.19. The van der Waals surface area contributed by atoms with Crippen molar-refractivity contribution in [2.24, 2.45) is 0 Å². The van der Waals surface area contributed by atoms with Gasteiger partial charge in [0.05, 0.1) is 23.6 Å². The van der Waals surface area contributed by atoms with E-state index in [1.807, 2.05) is 12.1 Å². The van der Waals surface area contributed by atoms with E-state index in [9.17, 15) is 0 Å². The minimum Gasteiger partial charge on any atom is -0.398 e. The Morgan fingerprint density at radius 2 is 1.57 bits per heavy atom. The van der Waals surface area contributed by atoms with Gasteiger partial charge in [-0.1, -0.05) is 0 Å². The van der Waals surface area contributed by atoms with Gasteiger partial charge in [0.15, 0.2) is 0 Å². The van der Waals surface area contributed by atoms with Gasteiger partial charge < -0.3 is 11.1 Å². The molecule has 5 nitrogen and oxygen atoms in total.